The highest BCUT2D eigenvalue weighted by Gasteiger charge is 2.06. The Bertz CT molecular complexity index is 482. The average Bonchev–Trinajstić information content (AvgIpc) is 2.30. The Balaban J connectivity index is 2.77. The molecule has 1 aromatic rings. The first-order valence-electron chi connectivity index (χ1n) is 5.14. The lowest BCUT2D eigenvalue weighted by atomic mass is 9.99. The largest absolute Gasteiger partial charge is 0.318 e. The van der Waals surface area contributed by atoms with Gasteiger partial charge in [-0.2, -0.15) is 10.5 Å². The molecule has 0 aliphatic carbocycles. The fraction of sp³-hybridized carbons (Fsp3) is 0.308. The number of nitriles is 2. The van der Waals surface area contributed by atoms with Gasteiger partial charge in [-0.25, -0.2) is 0 Å². The van der Waals surface area contributed by atoms with E-state index >= 15 is 0 Å². The second kappa shape index (κ2) is 6.16. The van der Waals surface area contributed by atoms with Gasteiger partial charge >= 0.3 is 0 Å². The van der Waals surface area contributed by atoms with Crippen molar-refractivity contribution in [2.75, 3.05) is 5.32 Å². The van der Waals surface area contributed by atoms with Crippen LogP contribution in [-0.2, 0) is 4.79 Å². The van der Waals surface area contributed by atoms with Crippen LogP contribution in [0.15, 0.2) is 12.1 Å². The van der Waals surface area contributed by atoms with E-state index in [4.69, 9.17) is 10.5 Å². The zero-order valence-corrected chi connectivity index (χ0v) is 9.45. The summed E-state index contributed by atoms with van der Waals surface area (Å²) < 4.78 is 0. The quantitative estimate of drug-likeness (QED) is 0.852. The monoisotopic (exact) mass is 225 g/mol. The standard InChI is InChI=1S/C13H11N3O/c1-10(5-7-14)11-3-2-4-12(9-11)16-13(17)6-8-15/h3,9-10H,5-6H2,1H3,(H,16,17)/t10-/m1/s1. The van der Waals surface area contributed by atoms with Crippen LogP contribution >= 0.6 is 0 Å². The van der Waals surface area contributed by atoms with Crippen molar-refractivity contribution in [2.45, 2.75) is 25.7 Å². The van der Waals surface area contributed by atoms with Gasteiger partial charge in [0.1, 0.15) is 6.42 Å². The number of hydrogen-bond acceptors (Lipinski definition) is 3. The zero-order chi connectivity index (χ0) is 12.7. The van der Waals surface area contributed by atoms with Crippen molar-refractivity contribution in [3.8, 4) is 12.1 Å². The van der Waals surface area contributed by atoms with Crippen molar-refractivity contribution in [2.24, 2.45) is 0 Å². The van der Waals surface area contributed by atoms with Gasteiger partial charge in [-0.05, 0) is 29.7 Å². The number of rotatable bonds is 4. The molecule has 0 unspecified atom stereocenters. The van der Waals surface area contributed by atoms with Crippen molar-refractivity contribution in [1.82, 2.24) is 0 Å². The molecule has 0 saturated carbocycles. The van der Waals surface area contributed by atoms with Gasteiger partial charge in [0.25, 0.3) is 0 Å². The molecule has 1 N–H and O–H groups in total. The smallest absolute Gasteiger partial charge is 0.239 e. The van der Waals surface area contributed by atoms with E-state index in [-0.39, 0.29) is 18.2 Å². The molecule has 84 valence electrons. The molecule has 17 heavy (non-hydrogen) atoms. The minimum Gasteiger partial charge on any atom is -0.318 e. The molecule has 4 nitrogen and oxygen atoms in total. The van der Waals surface area contributed by atoms with Crippen LogP contribution in [-0.4, -0.2) is 5.91 Å². The highest BCUT2D eigenvalue weighted by Crippen LogP contribution is 2.19. The van der Waals surface area contributed by atoms with Crippen LogP contribution in [0.25, 0.3) is 0 Å². The number of carbonyl (C=O) groups excluding carboxylic acids is 1. The summed E-state index contributed by atoms with van der Waals surface area (Å²) in [5.74, 6) is -0.292. The van der Waals surface area contributed by atoms with Gasteiger partial charge in [-0.1, -0.05) is 13.0 Å². The van der Waals surface area contributed by atoms with Crippen LogP contribution in [0.3, 0.4) is 0 Å². The summed E-state index contributed by atoms with van der Waals surface area (Å²) in [6.07, 6.45) is 0.218. The van der Waals surface area contributed by atoms with Gasteiger partial charge in [0.2, 0.25) is 5.91 Å². The first-order valence-corrected chi connectivity index (χ1v) is 5.14. The first-order chi connectivity index (χ1) is 8.17. The van der Waals surface area contributed by atoms with E-state index in [0.29, 0.717) is 12.1 Å². The maximum Gasteiger partial charge on any atom is 0.239 e. The molecule has 1 atom stereocenters. The van der Waals surface area contributed by atoms with Crippen molar-refractivity contribution in [1.29, 1.82) is 10.5 Å². The third-order valence-corrected chi connectivity index (χ3v) is 2.24. The molecule has 0 aliphatic heterocycles. The third-order valence-electron chi connectivity index (χ3n) is 2.24. The zero-order valence-electron chi connectivity index (χ0n) is 9.45. The predicted molar refractivity (Wildman–Crippen MR) is 61.6 cm³/mol. The summed E-state index contributed by atoms with van der Waals surface area (Å²) >= 11 is 0. The van der Waals surface area contributed by atoms with Crippen LogP contribution in [0.2, 0.25) is 0 Å². The van der Waals surface area contributed by atoms with E-state index in [1.807, 2.05) is 6.92 Å². The molecular weight excluding hydrogens is 214 g/mol. The number of nitrogens with one attached hydrogen (secondary N) is 1. The summed E-state index contributed by atoms with van der Waals surface area (Å²) in [5.41, 5.74) is 1.39. The molecule has 0 bridgehead atoms. The van der Waals surface area contributed by atoms with Gasteiger partial charge in [0.15, 0.2) is 0 Å². The maximum absolute atomic E-state index is 11.2. The Morgan fingerprint density at radius 3 is 2.94 bits per heavy atom. The van der Waals surface area contributed by atoms with E-state index < -0.39 is 0 Å². The average molecular weight is 225 g/mol. The van der Waals surface area contributed by atoms with Gasteiger partial charge in [-0.15, -0.1) is 0 Å². The summed E-state index contributed by atoms with van der Waals surface area (Å²) in [5, 5.41) is 19.5. The van der Waals surface area contributed by atoms with Crippen LogP contribution in [0.4, 0.5) is 5.69 Å². The van der Waals surface area contributed by atoms with Gasteiger partial charge in [-0.3, -0.25) is 4.79 Å². The predicted octanol–water partition coefficient (Wildman–Crippen LogP) is 2.16. The lowest BCUT2D eigenvalue weighted by Crippen LogP contribution is -2.10. The molecule has 0 heterocycles. The van der Waals surface area contributed by atoms with E-state index in [0.717, 1.165) is 5.56 Å². The molecule has 0 fully saturated rings. The second-order valence-electron chi connectivity index (χ2n) is 3.62. The van der Waals surface area contributed by atoms with Gasteiger partial charge in [0, 0.05) is 6.42 Å². The summed E-state index contributed by atoms with van der Waals surface area (Å²) in [6.45, 7) is 1.92. The van der Waals surface area contributed by atoms with Crippen molar-refractivity contribution >= 4 is 11.6 Å². The number of anilines is 1. The lowest BCUT2D eigenvalue weighted by molar-refractivity contribution is -0.115. The molecule has 0 spiro atoms. The van der Waals surface area contributed by atoms with Crippen molar-refractivity contribution in [3.05, 3.63) is 29.8 Å². The number of carbonyl (C=O) groups is 1. The van der Waals surface area contributed by atoms with Crippen LogP contribution in [0.1, 0.15) is 31.2 Å². The molecule has 0 aliphatic rings. The summed E-state index contributed by atoms with van der Waals surface area (Å²) in [4.78, 5) is 11.2. The fourth-order valence-corrected chi connectivity index (χ4v) is 1.31. The van der Waals surface area contributed by atoms with Gasteiger partial charge < -0.3 is 5.32 Å². The Kier molecular flexibility index (Phi) is 4.55. The number of hydrogen-bond donors (Lipinski definition) is 1. The topological polar surface area (TPSA) is 76.7 Å². The Morgan fingerprint density at radius 1 is 1.53 bits per heavy atom. The van der Waals surface area contributed by atoms with Crippen molar-refractivity contribution in [3.63, 3.8) is 0 Å². The highest BCUT2D eigenvalue weighted by atomic mass is 16.1. The molecule has 1 aromatic carbocycles. The van der Waals surface area contributed by atoms with E-state index in [2.05, 4.69) is 23.5 Å². The second-order valence-corrected chi connectivity index (χ2v) is 3.62. The minimum absolute atomic E-state index is 0.0810. The molecule has 4 heteroatoms. The number of nitrogens with zero attached hydrogens (tertiary/aromatic N) is 2. The molecule has 0 aromatic heterocycles. The first kappa shape index (κ1) is 12.6. The fourth-order valence-electron chi connectivity index (χ4n) is 1.31. The molecule has 1 rings (SSSR count). The van der Waals surface area contributed by atoms with E-state index in [1.165, 1.54) is 0 Å². The van der Waals surface area contributed by atoms with E-state index in [9.17, 15) is 4.79 Å². The van der Waals surface area contributed by atoms with Gasteiger partial charge in [0.05, 0.1) is 17.8 Å². The molecule has 0 radical (unpaired) electrons. The minimum atomic E-state index is -0.373. The number of amides is 1. The normalized spacial score (nSPS) is 10.5. The van der Waals surface area contributed by atoms with E-state index in [1.54, 1.807) is 18.2 Å². The Labute approximate surface area is 100 Å². The summed E-state index contributed by atoms with van der Waals surface area (Å²) in [7, 11) is 0. The molecular formula is C13H11N3O. The van der Waals surface area contributed by atoms with Crippen LogP contribution < -0.4 is 5.32 Å². The van der Waals surface area contributed by atoms with Crippen LogP contribution in [0, 0.1) is 34.8 Å². The van der Waals surface area contributed by atoms with Crippen LogP contribution in [0.5, 0.6) is 0 Å². The summed E-state index contributed by atoms with van der Waals surface area (Å²) in [6, 6.07) is 12.9. The molecule has 0 saturated heterocycles. The van der Waals surface area contributed by atoms with Crippen molar-refractivity contribution < 1.29 is 4.79 Å². The third kappa shape index (κ3) is 3.86. The Morgan fingerprint density at radius 2 is 2.29 bits per heavy atom. The SMILES string of the molecule is C[C@H](CC#N)c1cc#cc(NC(=O)CC#N)c1. The lowest BCUT2D eigenvalue weighted by Gasteiger charge is -2.07. The molecule has 1 amide bonds. The maximum atomic E-state index is 11.2. The highest BCUT2D eigenvalue weighted by molar-refractivity contribution is 5.91. The Hall–Kier alpha value is -2.51.